The van der Waals surface area contributed by atoms with E-state index in [0.29, 0.717) is 11.1 Å². The van der Waals surface area contributed by atoms with Gasteiger partial charge in [-0.2, -0.15) is 18.1 Å². The number of aromatic amines is 1. The molecule has 1 amide bonds. The second-order valence-electron chi connectivity index (χ2n) is 6.87. The third-order valence-electron chi connectivity index (χ3n) is 4.83. The zero-order valence-corrected chi connectivity index (χ0v) is 15.8. The maximum Gasteiger partial charge on any atom is 0.488 e. The minimum Gasteiger partial charge on any atom is -0.248 e. The highest BCUT2D eigenvalue weighted by Gasteiger charge is 2.75. The van der Waals surface area contributed by atoms with Crippen LogP contribution in [0.4, 0.5) is 19.0 Å². The van der Waals surface area contributed by atoms with E-state index < -0.39 is 17.7 Å². The van der Waals surface area contributed by atoms with Crippen molar-refractivity contribution in [2.24, 2.45) is 0 Å². The number of hydrogen-bond donors (Lipinski definition) is 2. The largest absolute Gasteiger partial charge is 0.488 e. The summed E-state index contributed by atoms with van der Waals surface area (Å²) in [5.74, 6) is -0.982. The van der Waals surface area contributed by atoms with Crippen LogP contribution in [0.25, 0.3) is 0 Å². The molecular formula is C22H19F3N4O+2. The first-order chi connectivity index (χ1) is 14.4. The fourth-order valence-corrected chi connectivity index (χ4v) is 3.36. The van der Waals surface area contributed by atoms with E-state index in [-0.39, 0.29) is 18.2 Å². The molecule has 30 heavy (non-hydrogen) atoms. The highest BCUT2D eigenvalue weighted by Crippen LogP contribution is 2.32. The summed E-state index contributed by atoms with van der Waals surface area (Å²) in [6.45, 7) is -0.00504. The second kappa shape index (κ2) is 7.62. The smallest absolute Gasteiger partial charge is 0.248 e. The summed E-state index contributed by atoms with van der Waals surface area (Å²) >= 11 is 0. The van der Waals surface area contributed by atoms with Gasteiger partial charge in [0.05, 0.1) is 11.8 Å². The molecule has 2 heterocycles. The van der Waals surface area contributed by atoms with E-state index in [9.17, 15) is 18.0 Å². The molecule has 1 atom stereocenters. The van der Waals surface area contributed by atoms with Crippen LogP contribution in [0.1, 0.15) is 11.1 Å². The number of carbonyl (C=O) groups excluding carboxylic acids is 1. The first-order valence-electron chi connectivity index (χ1n) is 9.29. The van der Waals surface area contributed by atoms with Gasteiger partial charge in [-0.15, -0.1) is 0 Å². The van der Waals surface area contributed by atoms with Gasteiger partial charge in [0, 0.05) is 6.07 Å². The van der Waals surface area contributed by atoms with Crippen molar-refractivity contribution in [1.82, 2.24) is 4.90 Å². The number of amides is 1. The Morgan fingerprint density at radius 3 is 2.13 bits per heavy atom. The molecule has 1 aliphatic rings. The highest BCUT2D eigenvalue weighted by atomic mass is 19.4. The fraction of sp³-hybridized carbons (Fsp3) is 0.136. The first kappa shape index (κ1) is 19.6. The average molecular weight is 412 g/mol. The third-order valence-corrected chi connectivity index (χ3v) is 4.83. The molecule has 0 unspecified atom stereocenters. The van der Waals surface area contributed by atoms with Crippen molar-refractivity contribution in [3.05, 3.63) is 96.2 Å². The fourth-order valence-electron chi connectivity index (χ4n) is 3.36. The van der Waals surface area contributed by atoms with Crippen molar-refractivity contribution in [3.63, 3.8) is 0 Å². The number of nitrogens with one attached hydrogen (secondary N) is 3. The molecule has 0 saturated carbocycles. The van der Waals surface area contributed by atoms with Gasteiger partial charge < -0.3 is 0 Å². The lowest BCUT2D eigenvalue weighted by Crippen LogP contribution is -2.94. The van der Waals surface area contributed by atoms with Crippen molar-refractivity contribution < 1.29 is 27.9 Å². The summed E-state index contributed by atoms with van der Waals surface area (Å²) in [6, 6.07) is 22.0. The molecule has 0 fully saturated rings. The molecule has 8 heteroatoms. The predicted molar refractivity (Wildman–Crippen MR) is 104 cm³/mol. The number of halogens is 3. The van der Waals surface area contributed by atoms with E-state index in [1.54, 1.807) is 66.7 Å². The van der Waals surface area contributed by atoms with Crippen LogP contribution in [0.3, 0.4) is 0 Å². The molecule has 0 radical (unpaired) electrons. The Balaban J connectivity index is 1.83. The van der Waals surface area contributed by atoms with E-state index in [1.165, 1.54) is 12.3 Å². The van der Waals surface area contributed by atoms with Gasteiger partial charge in [0.25, 0.3) is 11.7 Å². The lowest BCUT2D eigenvalue weighted by Gasteiger charge is -2.20. The molecule has 1 aliphatic heterocycles. The Morgan fingerprint density at radius 2 is 1.53 bits per heavy atom. The molecule has 0 aliphatic carbocycles. The van der Waals surface area contributed by atoms with Gasteiger partial charge >= 0.3 is 17.7 Å². The van der Waals surface area contributed by atoms with E-state index in [0.717, 1.165) is 4.90 Å². The maximum absolute atomic E-state index is 14.4. The molecule has 2 aromatic carbocycles. The molecule has 152 valence electrons. The van der Waals surface area contributed by atoms with Crippen LogP contribution in [0.2, 0.25) is 0 Å². The van der Waals surface area contributed by atoms with Crippen LogP contribution in [0, 0.1) is 0 Å². The summed E-state index contributed by atoms with van der Waals surface area (Å²) in [5.41, 5.74) is -1.82. The molecular weight excluding hydrogens is 393 g/mol. The summed E-state index contributed by atoms with van der Waals surface area (Å²) in [5, 5.41) is 2.36. The monoisotopic (exact) mass is 412 g/mol. The first-order valence-corrected chi connectivity index (χ1v) is 9.29. The van der Waals surface area contributed by atoms with Crippen LogP contribution in [-0.2, 0) is 11.3 Å². The molecule has 5 nitrogen and oxygen atoms in total. The molecule has 3 N–H and O–H groups in total. The second-order valence-corrected chi connectivity index (χ2v) is 6.87. The Hall–Kier alpha value is -3.68. The van der Waals surface area contributed by atoms with Crippen LogP contribution < -0.4 is 15.3 Å². The summed E-state index contributed by atoms with van der Waals surface area (Å²) < 4.78 is 43.1. The molecule has 0 bridgehead atoms. The van der Waals surface area contributed by atoms with Gasteiger partial charge in [-0.05, 0) is 23.8 Å². The number of rotatable bonds is 5. The molecule has 0 spiro atoms. The number of pyridine rings is 1. The normalized spacial score (nSPS) is 19.0. The number of carbonyl (C=O) groups is 1. The van der Waals surface area contributed by atoms with Gasteiger partial charge in [-0.3, -0.25) is 0 Å². The van der Waals surface area contributed by atoms with Gasteiger partial charge in [-0.25, -0.2) is 20.1 Å². The van der Waals surface area contributed by atoms with E-state index in [2.05, 4.69) is 15.3 Å². The van der Waals surface area contributed by atoms with Crippen molar-refractivity contribution in [1.29, 1.82) is 0 Å². The third kappa shape index (κ3) is 3.52. The zero-order chi connectivity index (χ0) is 21.2. The van der Waals surface area contributed by atoms with Crippen LogP contribution >= 0.6 is 0 Å². The Morgan fingerprint density at radius 1 is 0.900 bits per heavy atom. The Labute approximate surface area is 170 Å². The number of benzene rings is 2. The van der Waals surface area contributed by atoms with E-state index >= 15 is 0 Å². The quantitative estimate of drug-likeness (QED) is 0.671. The number of alkyl halides is 3. The number of hydrogen-bond acceptors (Lipinski definition) is 2. The number of aromatic nitrogens is 1. The number of anilines is 1. The minimum atomic E-state index is -4.92. The highest BCUT2D eigenvalue weighted by molar-refractivity contribution is 6.11. The molecule has 4 rings (SSSR count). The average Bonchev–Trinajstić information content (AvgIpc) is 3.03. The minimum absolute atomic E-state index is 0.00504. The van der Waals surface area contributed by atoms with Crippen molar-refractivity contribution >= 4 is 17.6 Å². The number of nitrogens with zero attached hydrogens (tertiary/aromatic N) is 1. The van der Waals surface area contributed by atoms with Gasteiger partial charge in [-0.1, -0.05) is 54.6 Å². The van der Waals surface area contributed by atoms with Gasteiger partial charge in [0.15, 0.2) is 0 Å². The standard InChI is InChI=1S/C22H17F3N4O/c23-22(24,25)21(27-18-13-7-8-14-26-18)20(30)29(15-16-9-3-1-4-10-16)19(28-21)17-11-5-2-6-12-17/h1-14H,15H2,(H,26,27)/p+2/t21-/m0/s1. The predicted octanol–water partition coefficient (Wildman–Crippen LogP) is 1.74. The number of amidine groups is 1. The van der Waals surface area contributed by atoms with Gasteiger partial charge in [0.1, 0.15) is 6.54 Å². The van der Waals surface area contributed by atoms with Crippen molar-refractivity contribution in [3.8, 4) is 0 Å². The van der Waals surface area contributed by atoms with Crippen molar-refractivity contribution in [2.75, 3.05) is 5.32 Å². The topological polar surface area (TPSA) is 60.5 Å². The lowest BCUT2D eigenvalue weighted by atomic mass is 10.1. The van der Waals surface area contributed by atoms with Crippen LogP contribution in [0.15, 0.2) is 85.1 Å². The molecule has 1 aromatic heterocycles. The molecule has 3 aromatic rings. The zero-order valence-electron chi connectivity index (χ0n) is 15.8. The molecule has 0 saturated heterocycles. The Bertz CT molecular complexity index is 1060. The summed E-state index contributed by atoms with van der Waals surface area (Å²) in [7, 11) is 0. The van der Waals surface area contributed by atoms with Crippen LogP contribution in [0.5, 0.6) is 0 Å². The number of H-pyrrole nitrogens is 1. The maximum atomic E-state index is 14.4. The van der Waals surface area contributed by atoms with E-state index in [4.69, 9.17) is 0 Å². The summed E-state index contributed by atoms with van der Waals surface area (Å²) in [4.78, 5) is 19.6. The lowest BCUT2D eigenvalue weighted by molar-refractivity contribution is -0.568. The van der Waals surface area contributed by atoms with Crippen LogP contribution in [-0.4, -0.2) is 28.5 Å². The van der Waals surface area contributed by atoms with Crippen molar-refractivity contribution in [2.45, 2.75) is 18.4 Å². The van der Waals surface area contributed by atoms with Gasteiger partial charge in [0.2, 0.25) is 0 Å². The Kier molecular flexibility index (Phi) is 4.99. The SMILES string of the molecule is O=C1N(Cc2ccccc2)C(c2ccccc2)=[NH+][C@]1(Nc1cccc[nH+]1)C(F)(F)F. The van der Waals surface area contributed by atoms with E-state index in [1.807, 2.05) is 6.07 Å². The summed E-state index contributed by atoms with van der Waals surface area (Å²) in [6.07, 6.45) is -3.44.